The Morgan fingerprint density at radius 1 is 1.07 bits per heavy atom. The molecule has 0 aliphatic carbocycles. The Hall–Kier alpha value is -1.95. The van der Waals surface area contributed by atoms with E-state index in [4.69, 9.17) is 32.7 Å². The zero-order chi connectivity index (χ0) is 20.0. The zero-order valence-corrected chi connectivity index (χ0v) is 17.4. The highest BCUT2D eigenvalue weighted by molar-refractivity contribution is 6.35. The summed E-state index contributed by atoms with van der Waals surface area (Å²) in [5.41, 5.74) is 1.80. The third-order valence-corrected chi connectivity index (χ3v) is 4.95. The Kier molecular flexibility index (Phi) is 7.78. The summed E-state index contributed by atoms with van der Waals surface area (Å²) in [6.07, 6.45) is 0. The van der Waals surface area contributed by atoms with Gasteiger partial charge in [-0.15, -0.1) is 0 Å². The summed E-state index contributed by atoms with van der Waals surface area (Å²) < 4.78 is 10.7. The van der Waals surface area contributed by atoms with Crippen molar-refractivity contribution in [3.8, 4) is 11.5 Å². The molecule has 0 radical (unpaired) electrons. The Bertz CT molecular complexity index is 799. The van der Waals surface area contributed by atoms with Gasteiger partial charge in [0.05, 0.1) is 25.8 Å². The summed E-state index contributed by atoms with van der Waals surface area (Å²) >= 11 is 12.1. The molecular formula is C20H25Cl2N2O3+. The number of rotatable bonds is 8. The van der Waals surface area contributed by atoms with Crippen molar-refractivity contribution >= 4 is 29.1 Å². The molecular weight excluding hydrogens is 387 g/mol. The molecule has 7 heteroatoms. The highest BCUT2D eigenvalue weighted by Crippen LogP contribution is 2.28. The molecule has 2 aromatic rings. The number of halogens is 2. The molecule has 2 aromatic carbocycles. The number of hydrogen-bond acceptors (Lipinski definition) is 3. The summed E-state index contributed by atoms with van der Waals surface area (Å²) in [6, 6.07) is 10.7. The molecule has 0 aliphatic heterocycles. The summed E-state index contributed by atoms with van der Waals surface area (Å²) in [6.45, 7) is 4.18. The Labute approximate surface area is 170 Å². The van der Waals surface area contributed by atoms with Crippen molar-refractivity contribution in [3.63, 3.8) is 0 Å². The second-order valence-corrected chi connectivity index (χ2v) is 7.14. The van der Waals surface area contributed by atoms with E-state index in [1.54, 1.807) is 26.4 Å². The minimum absolute atomic E-state index is 0.0234. The molecule has 0 spiro atoms. The smallest absolute Gasteiger partial charge is 0.275 e. The monoisotopic (exact) mass is 411 g/mol. The van der Waals surface area contributed by atoms with E-state index in [-0.39, 0.29) is 24.5 Å². The van der Waals surface area contributed by atoms with Crippen LogP contribution < -0.4 is 20.1 Å². The molecule has 0 unspecified atom stereocenters. The highest BCUT2D eigenvalue weighted by Gasteiger charge is 2.19. The van der Waals surface area contributed by atoms with E-state index in [0.29, 0.717) is 10.0 Å². The normalized spacial score (nSPS) is 13.0. The van der Waals surface area contributed by atoms with Crippen molar-refractivity contribution in [3.05, 3.63) is 57.6 Å². The van der Waals surface area contributed by atoms with E-state index in [2.05, 4.69) is 5.32 Å². The lowest BCUT2D eigenvalue weighted by Crippen LogP contribution is -2.87. The molecule has 2 atom stereocenters. The fraction of sp³-hybridized carbons (Fsp3) is 0.350. The lowest BCUT2D eigenvalue weighted by Gasteiger charge is -2.18. The van der Waals surface area contributed by atoms with Gasteiger partial charge in [-0.05, 0) is 49.7 Å². The third-order valence-electron chi connectivity index (χ3n) is 4.39. The van der Waals surface area contributed by atoms with Crippen LogP contribution in [0.3, 0.4) is 0 Å². The number of benzene rings is 2. The molecule has 0 bridgehead atoms. The van der Waals surface area contributed by atoms with Gasteiger partial charge in [-0.1, -0.05) is 29.3 Å². The van der Waals surface area contributed by atoms with Crippen LogP contribution in [0.25, 0.3) is 0 Å². The number of nitrogens with one attached hydrogen (secondary N) is 1. The number of hydrogen-bond donors (Lipinski definition) is 2. The van der Waals surface area contributed by atoms with Crippen molar-refractivity contribution < 1.29 is 19.6 Å². The van der Waals surface area contributed by atoms with Crippen molar-refractivity contribution in [1.82, 2.24) is 5.32 Å². The summed E-state index contributed by atoms with van der Waals surface area (Å²) in [7, 11) is 3.25. The van der Waals surface area contributed by atoms with Gasteiger partial charge < -0.3 is 20.1 Å². The van der Waals surface area contributed by atoms with Crippen molar-refractivity contribution in [2.45, 2.75) is 25.9 Å². The highest BCUT2D eigenvalue weighted by atomic mass is 35.5. The minimum atomic E-state index is -0.211. The van der Waals surface area contributed by atoms with Gasteiger partial charge in [-0.3, -0.25) is 4.79 Å². The van der Waals surface area contributed by atoms with Crippen LogP contribution in [-0.2, 0) is 4.79 Å². The molecule has 5 nitrogen and oxygen atoms in total. The van der Waals surface area contributed by atoms with Gasteiger partial charge in [-0.2, -0.15) is 0 Å². The summed E-state index contributed by atoms with van der Waals surface area (Å²) in [4.78, 5) is 12.4. The van der Waals surface area contributed by atoms with Crippen LogP contribution in [0.15, 0.2) is 36.4 Å². The first-order valence-electron chi connectivity index (χ1n) is 8.65. The molecule has 27 heavy (non-hydrogen) atoms. The number of methoxy groups -OCH3 is 2. The molecule has 146 valence electrons. The van der Waals surface area contributed by atoms with Gasteiger partial charge in [-0.25, -0.2) is 0 Å². The first-order chi connectivity index (χ1) is 12.8. The zero-order valence-electron chi connectivity index (χ0n) is 15.9. The van der Waals surface area contributed by atoms with Crippen LogP contribution in [0.4, 0.5) is 0 Å². The first-order valence-corrected chi connectivity index (χ1v) is 9.40. The molecule has 0 heterocycles. The molecule has 0 aliphatic rings. The van der Waals surface area contributed by atoms with Gasteiger partial charge in [0, 0.05) is 10.0 Å². The lowest BCUT2D eigenvalue weighted by atomic mass is 10.1. The predicted octanol–water partition coefficient (Wildman–Crippen LogP) is 3.51. The Morgan fingerprint density at radius 2 is 1.81 bits per heavy atom. The third kappa shape index (κ3) is 5.76. The van der Waals surface area contributed by atoms with Crippen LogP contribution in [-0.4, -0.2) is 26.7 Å². The number of carbonyl (C=O) groups is 1. The molecule has 2 rings (SSSR count). The second kappa shape index (κ2) is 9.83. The second-order valence-electron chi connectivity index (χ2n) is 6.29. The Morgan fingerprint density at radius 3 is 2.44 bits per heavy atom. The topological polar surface area (TPSA) is 64.2 Å². The van der Waals surface area contributed by atoms with Crippen molar-refractivity contribution in [1.29, 1.82) is 0 Å². The Balaban J connectivity index is 1.97. The fourth-order valence-corrected chi connectivity index (χ4v) is 3.41. The standard InChI is InChI=1S/C20H24Cl2N2O3/c1-12(17-10-15(26-3)6-8-19(17)27-4)23-11-20(25)24-13(2)16-7-5-14(21)9-18(16)22/h5-10,12-13,23H,11H2,1-4H3,(H,24,25)/p+1/t12-,13-/m1/s1. The van der Waals surface area contributed by atoms with E-state index in [1.807, 2.05) is 43.4 Å². The minimum Gasteiger partial charge on any atom is -0.497 e. The molecule has 0 aromatic heterocycles. The summed E-state index contributed by atoms with van der Waals surface area (Å²) in [5, 5.41) is 6.01. The van der Waals surface area contributed by atoms with Crippen molar-refractivity contribution in [2.24, 2.45) is 0 Å². The average Bonchev–Trinajstić information content (AvgIpc) is 2.65. The fourth-order valence-electron chi connectivity index (χ4n) is 2.84. The van der Waals surface area contributed by atoms with E-state index in [1.165, 1.54) is 0 Å². The molecule has 0 saturated heterocycles. The lowest BCUT2D eigenvalue weighted by molar-refractivity contribution is -0.682. The molecule has 0 saturated carbocycles. The molecule has 3 N–H and O–H groups in total. The SMILES string of the molecule is COc1ccc(OC)c([C@@H](C)[NH2+]CC(=O)N[C@H](C)c2ccc(Cl)cc2Cl)c1. The largest absolute Gasteiger partial charge is 0.497 e. The van der Waals surface area contributed by atoms with E-state index in [0.717, 1.165) is 22.6 Å². The maximum absolute atomic E-state index is 12.4. The maximum Gasteiger partial charge on any atom is 0.275 e. The van der Waals surface area contributed by atoms with Crippen LogP contribution >= 0.6 is 23.2 Å². The number of ether oxygens (including phenoxy) is 2. The van der Waals surface area contributed by atoms with Crippen LogP contribution in [0.2, 0.25) is 10.0 Å². The van der Waals surface area contributed by atoms with Crippen LogP contribution in [0.1, 0.15) is 37.1 Å². The van der Waals surface area contributed by atoms with Crippen molar-refractivity contribution in [2.75, 3.05) is 20.8 Å². The maximum atomic E-state index is 12.4. The first kappa shape index (κ1) is 21.4. The van der Waals surface area contributed by atoms with E-state index in [9.17, 15) is 4.79 Å². The van der Waals surface area contributed by atoms with E-state index < -0.39 is 0 Å². The van der Waals surface area contributed by atoms with Gasteiger partial charge in [0.2, 0.25) is 0 Å². The number of amides is 1. The van der Waals surface area contributed by atoms with Gasteiger partial charge in [0.15, 0.2) is 6.54 Å². The molecule has 0 fully saturated rings. The number of quaternary nitrogens is 1. The van der Waals surface area contributed by atoms with Crippen LogP contribution in [0.5, 0.6) is 11.5 Å². The quantitative estimate of drug-likeness (QED) is 0.698. The van der Waals surface area contributed by atoms with Gasteiger partial charge >= 0.3 is 0 Å². The van der Waals surface area contributed by atoms with Crippen LogP contribution in [0, 0.1) is 0 Å². The number of nitrogens with two attached hydrogens (primary N) is 1. The number of carbonyl (C=O) groups excluding carboxylic acids is 1. The molecule has 1 amide bonds. The summed E-state index contributed by atoms with van der Waals surface area (Å²) in [5.74, 6) is 1.44. The van der Waals surface area contributed by atoms with Gasteiger partial charge in [0.1, 0.15) is 17.5 Å². The predicted molar refractivity (Wildman–Crippen MR) is 108 cm³/mol. The van der Waals surface area contributed by atoms with E-state index >= 15 is 0 Å². The average molecular weight is 412 g/mol. The van der Waals surface area contributed by atoms with Gasteiger partial charge in [0.25, 0.3) is 5.91 Å².